The summed E-state index contributed by atoms with van der Waals surface area (Å²) in [6, 6.07) is 0. The molecule has 0 radical (unpaired) electrons. The van der Waals surface area contributed by atoms with Crippen LogP contribution in [0.3, 0.4) is 0 Å². The molecule has 0 aliphatic carbocycles. The van der Waals surface area contributed by atoms with Crippen LogP contribution in [0.25, 0.3) is 0 Å². The van der Waals surface area contributed by atoms with Crippen LogP contribution >= 0.6 is 0 Å². The summed E-state index contributed by atoms with van der Waals surface area (Å²) in [6.07, 6.45) is 4.14. The highest BCUT2D eigenvalue weighted by molar-refractivity contribution is 5.84. The van der Waals surface area contributed by atoms with Gasteiger partial charge in [-0.05, 0) is 38.1 Å². The molecule has 6 nitrogen and oxygen atoms in total. The van der Waals surface area contributed by atoms with Crippen LogP contribution < -0.4 is 5.32 Å². The maximum Gasteiger partial charge on any atom is 0.243 e. The van der Waals surface area contributed by atoms with Crippen molar-refractivity contribution in [3.63, 3.8) is 0 Å². The quantitative estimate of drug-likeness (QED) is 0.786. The number of aliphatic hydroxyl groups is 1. The average Bonchev–Trinajstić information content (AvgIpc) is 2.93. The summed E-state index contributed by atoms with van der Waals surface area (Å²) in [5.74, 6) is 0.534. The van der Waals surface area contributed by atoms with Gasteiger partial charge in [-0.3, -0.25) is 9.80 Å². The average molecular weight is 308 g/mol. The van der Waals surface area contributed by atoms with Crippen molar-refractivity contribution in [2.24, 2.45) is 16.4 Å². The summed E-state index contributed by atoms with van der Waals surface area (Å²) < 4.78 is 0. The molecule has 124 valence electrons. The Labute approximate surface area is 132 Å². The molecule has 3 rings (SSSR count). The molecule has 3 aliphatic rings. The predicted molar refractivity (Wildman–Crippen MR) is 85.6 cm³/mol. The van der Waals surface area contributed by atoms with E-state index in [0.29, 0.717) is 12.5 Å². The van der Waals surface area contributed by atoms with Crippen molar-refractivity contribution in [2.75, 3.05) is 45.9 Å². The lowest BCUT2D eigenvalue weighted by Gasteiger charge is -2.49. The number of nitrogens with zero attached hydrogens (tertiary/aromatic N) is 3. The number of hydrogen-bond donors (Lipinski definition) is 2. The first-order valence-electron chi connectivity index (χ1n) is 8.51. The van der Waals surface area contributed by atoms with Crippen LogP contribution in [0.1, 0.15) is 32.6 Å². The van der Waals surface area contributed by atoms with Crippen LogP contribution in [0.2, 0.25) is 0 Å². The third kappa shape index (κ3) is 3.13. The second-order valence-corrected chi connectivity index (χ2v) is 7.05. The molecule has 0 unspecified atom stereocenters. The molecule has 0 aromatic heterocycles. The van der Waals surface area contributed by atoms with Crippen LogP contribution in [0.15, 0.2) is 5.10 Å². The monoisotopic (exact) mass is 308 g/mol. The molecule has 0 aromatic rings. The standard InChI is InChI=1S/C16H28N4O2/c1-13-2-7-20(18-13)11-15(22)19-8-4-16(5-9-19)3-6-17-10-14(16)12-21/h14,17,21H,2-12H2,1H3/t14-/m1/s1. The highest BCUT2D eigenvalue weighted by atomic mass is 16.3. The maximum atomic E-state index is 12.4. The Morgan fingerprint density at radius 1 is 1.36 bits per heavy atom. The molecule has 0 bridgehead atoms. The zero-order chi connectivity index (χ0) is 15.6. The lowest BCUT2D eigenvalue weighted by atomic mass is 9.65. The molecule has 6 heteroatoms. The van der Waals surface area contributed by atoms with Crippen LogP contribution in [-0.2, 0) is 4.79 Å². The van der Waals surface area contributed by atoms with Crippen molar-refractivity contribution in [1.29, 1.82) is 0 Å². The zero-order valence-corrected chi connectivity index (χ0v) is 13.6. The number of aliphatic hydroxyl groups excluding tert-OH is 1. The number of amides is 1. The van der Waals surface area contributed by atoms with E-state index in [0.717, 1.165) is 64.1 Å². The number of likely N-dealkylation sites (tertiary alicyclic amines) is 1. The van der Waals surface area contributed by atoms with Gasteiger partial charge in [0.05, 0.1) is 0 Å². The lowest BCUT2D eigenvalue weighted by Crippen LogP contribution is -2.54. The minimum atomic E-state index is 0.197. The van der Waals surface area contributed by atoms with E-state index >= 15 is 0 Å². The summed E-state index contributed by atoms with van der Waals surface area (Å²) in [5.41, 5.74) is 1.35. The molecule has 3 heterocycles. The largest absolute Gasteiger partial charge is 0.396 e. The topological polar surface area (TPSA) is 68.2 Å². The summed E-state index contributed by atoms with van der Waals surface area (Å²) >= 11 is 0. The van der Waals surface area contributed by atoms with E-state index in [2.05, 4.69) is 10.4 Å². The van der Waals surface area contributed by atoms with Gasteiger partial charge in [-0.2, -0.15) is 5.10 Å². The van der Waals surface area contributed by atoms with Gasteiger partial charge in [-0.1, -0.05) is 0 Å². The van der Waals surface area contributed by atoms with Gasteiger partial charge in [0.2, 0.25) is 5.91 Å². The van der Waals surface area contributed by atoms with Gasteiger partial charge >= 0.3 is 0 Å². The zero-order valence-electron chi connectivity index (χ0n) is 13.6. The summed E-state index contributed by atoms with van der Waals surface area (Å²) in [6.45, 7) is 7.14. The normalized spacial score (nSPS) is 28.1. The SMILES string of the molecule is CC1=NN(CC(=O)N2CCC3(CCNC[C@@H]3CO)CC2)CC1. The summed E-state index contributed by atoms with van der Waals surface area (Å²) in [4.78, 5) is 14.4. The number of piperidine rings is 2. The lowest BCUT2D eigenvalue weighted by molar-refractivity contribution is -0.136. The third-order valence-corrected chi connectivity index (χ3v) is 5.75. The van der Waals surface area contributed by atoms with Gasteiger partial charge in [0, 0.05) is 50.8 Å². The number of nitrogens with one attached hydrogen (secondary N) is 1. The number of carbonyl (C=O) groups is 1. The fraction of sp³-hybridized carbons (Fsp3) is 0.875. The van der Waals surface area contributed by atoms with Crippen molar-refractivity contribution in [1.82, 2.24) is 15.2 Å². The number of hydrazone groups is 1. The molecule has 2 fully saturated rings. The van der Waals surface area contributed by atoms with Gasteiger partial charge in [0.15, 0.2) is 0 Å². The summed E-state index contributed by atoms with van der Waals surface area (Å²) in [7, 11) is 0. The van der Waals surface area contributed by atoms with Gasteiger partial charge < -0.3 is 15.3 Å². The predicted octanol–water partition coefficient (Wildman–Crippen LogP) is 0.279. The fourth-order valence-electron chi connectivity index (χ4n) is 4.15. The molecule has 0 aromatic carbocycles. The molecule has 2 saturated heterocycles. The minimum absolute atomic E-state index is 0.197. The minimum Gasteiger partial charge on any atom is -0.396 e. The van der Waals surface area contributed by atoms with Crippen molar-refractivity contribution < 1.29 is 9.90 Å². The van der Waals surface area contributed by atoms with Crippen LogP contribution in [0.4, 0.5) is 0 Å². The van der Waals surface area contributed by atoms with Crippen molar-refractivity contribution >= 4 is 11.6 Å². The van der Waals surface area contributed by atoms with Crippen molar-refractivity contribution in [3.05, 3.63) is 0 Å². The summed E-state index contributed by atoms with van der Waals surface area (Å²) in [5, 5.41) is 19.3. The smallest absolute Gasteiger partial charge is 0.243 e. The van der Waals surface area contributed by atoms with Crippen LogP contribution in [0, 0.1) is 11.3 Å². The highest BCUT2D eigenvalue weighted by Gasteiger charge is 2.43. The molecule has 0 saturated carbocycles. The van der Waals surface area contributed by atoms with Crippen LogP contribution in [-0.4, -0.2) is 72.5 Å². The Morgan fingerprint density at radius 2 is 2.14 bits per heavy atom. The Balaban J connectivity index is 1.53. The van der Waals surface area contributed by atoms with E-state index in [4.69, 9.17) is 0 Å². The van der Waals surface area contributed by atoms with E-state index in [9.17, 15) is 9.90 Å². The van der Waals surface area contributed by atoms with E-state index in [-0.39, 0.29) is 17.9 Å². The first-order valence-corrected chi connectivity index (χ1v) is 8.51. The van der Waals surface area contributed by atoms with Gasteiger partial charge in [0.1, 0.15) is 6.54 Å². The molecule has 3 aliphatic heterocycles. The Kier molecular flexibility index (Phi) is 4.68. The molecule has 1 amide bonds. The van der Waals surface area contributed by atoms with E-state index in [1.807, 2.05) is 16.8 Å². The second-order valence-electron chi connectivity index (χ2n) is 7.05. The number of carbonyl (C=O) groups excluding carboxylic acids is 1. The van der Waals surface area contributed by atoms with Crippen LogP contribution in [0.5, 0.6) is 0 Å². The van der Waals surface area contributed by atoms with Crippen molar-refractivity contribution in [3.8, 4) is 0 Å². The molecule has 22 heavy (non-hydrogen) atoms. The van der Waals surface area contributed by atoms with Gasteiger partial charge in [-0.15, -0.1) is 0 Å². The number of rotatable bonds is 3. The molecule has 2 N–H and O–H groups in total. The van der Waals surface area contributed by atoms with E-state index < -0.39 is 0 Å². The molecule has 1 atom stereocenters. The third-order valence-electron chi connectivity index (χ3n) is 5.75. The molecular weight excluding hydrogens is 280 g/mol. The first-order chi connectivity index (χ1) is 10.6. The second kappa shape index (κ2) is 6.54. The maximum absolute atomic E-state index is 12.4. The molecule has 1 spiro atoms. The Morgan fingerprint density at radius 3 is 2.77 bits per heavy atom. The van der Waals surface area contributed by atoms with Gasteiger partial charge in [-0.25, -0.2) is 0 Å². The van der Waals surface area contributed by atoms with E-state index in [1.165, 1.54) is 0 Å². The Bertz CT molecular complexity index is 443. The Hall–Kier alpha value is -1.14. The van der Waals surface area contributed by atoms with Crippen molar-refractivity contribution in [2.45, 2.75) is 32.6 Å². The fourth-order valence-corrected chi connectivity index (χ4v) is 4.15. The number of hydrogen-bond acceptors (Lipinski definition) is 5. The first kappa shape index (κ1) is 15.7. The highest BCUT2D eigenvalue weighted by Crippen LogP contribution is 2.43. The van der Waals surface area contributed by atoms with E-state index in [1.54, 1.807) is 0 Å². The van der Waals surface area contributed by atoms with Gasteiger partial charge in [0.25, 0.3) is 0 Å². The molecular formula is C16H28N4O2.